The van der Waals surface area contributed by atoms with Gasteiger partial charge in [0.2, 0.25) is 0 Å². The lowest BCUT2D eigenvalue weighted by Crippen LogP contribution is -2.74. The highest BCUT2D eigenvalue weighted by Gasteiger charge is 2.42. The highest BCUT2D eigenvalue weighted by Crippen LogP contribution is 2.52. The zero-order valence-electron chi connectivity index (χ0n) is 33.7. The molecule has 12 rings (SSSR count). The van der Waals surface area contributed by atoms with Crippen molar-refractivity contribution in [1.29, 1.82) is 0 Å². The third-order valence-corrected chi connectivity index (χ3v) is 18.2. The van der Waals surface area contributed by atoms with E-state index in [1.807, 2.05) is 0 Å². The van der Waals surface area contributed by atoms with Gasteiger partial charge in [-0.3, -0.25) is 0 Å². The molecule has 0 bridgehead atoms. The maximum atomic E-state index is 2.56. The van der Waals surface area contributed by atoms with E-state index < -0.39 is 8.07 Å². The van der Waals surface area contributed by atoms with E-state index in [4.69, 9.17) is 0 Å². The summed E-state index contributed by atoms with van der Waals surface area (Å²) in [6.07, 6.45) is 0. The minimum absolute atomic E-state index is 0.0999. The van der Waals surface area contributed by atoms with Gasteiger partial charge in [-0.15, -0.1) is 0 Å². The normalized spacial score (nSPS) is 13.3. The van der Waals surface area contributed by atoms with Gasteiger partial charge in [0, 0.05) is 43.9 Å². The van der Waals surface area contributed by atoms with Gasteiger partial charge in [-0.1, -0.05) is 190 Å². The summed E-state index contributed by atoms with van der Waals surface area (Å²) < 4.78 is 4.98. The molecule has 0 amide bonds. The molecule has 9 aromatic carbocycles. The van der Waals surface area contributed by atoms with Crippen LogP contribution < -0.4 is 20.7 Å². The average molecular weight is 783 g/mol. The molecule has 0 saturated carbocycles. The fourth-order valence-corrected chi connectivity index (χ4v) is 15.6. The monoisotopic (exact) mass is 782 g/mol. The largest absolute Gasteiger partial charge is 0.309 e. The van der Waals surface area contributed by atoms with Crippen LogP contribution in [0.4, 0.5) is 0 Å². The van der Waals surface area contributed by atoms with Gasteiger partial charge in [0.15, 0.2) is 8.07 Å². The zero-order valence-corrected chi connectivity index (χ0v) is 34.7. The van der Waals surface area contributed by atoms with Crippen molar-refractivity contribution in [2.75, 3.05) is 0 Å². The van der Waals surface area contributed by atoms with Crippen LogP contribution in [0.5, 0.6) is 0 Å². The van der Waals surface area contributed by atoms with E-state index >= 15 is 0 Å². The van der Waals surface area contributed by atoms with Crippen LogP contribution in [0.25, 0.3) is 66.1 Å². The molecule has 0 N–H and O–H groups in total. The summed E-state index contributed by atoms with van der Waals surface area (Å²) in [5, 5.41) is 10.5. The van der Waals surface area contributed by atoms with Crippen LogP contribution in [0, 0.1) is 0 Å². The van der Waals surface area contributed by atoms with Crippen molar-refractivity contribution < 1.29 is 0 Å². The maximum absolute atomic E-state index is 2.92. The maximum Gasteiger partial charge on any atom is 0.179 e. The summed E-state index contributed by atoms with van der Waals surface area (Å²) in [5.74, 6) is 0. The average Bonchev–Trinajstić information content (AvgIpc) is 3.91. The van der Waals surface area contributed by atoms with Gasteiger partial charge in [0.25, 0.3) is 0 Å². The second-order valence-electron chi connectivity index (χ2n) is 16.9. The molecule has 0 atom stereocenters. The minimum Gasteiger partial charge on any atom is -0.309 e. The first-order valence-electron chi connectivity index (χ1n) is 21.0. The summed E-state index contributed by atoms with van der Waals surface area (Å²) in [6.45, 7) is 4.76. The second kappa shape index (κ2) is 13.2. The Balaban J connectivity index is 1.13. The SMILES string of the molecule is CC1(C)c2ccccc2-c2c1ccc1c3ccccc3n(-c3cccc([Si](c4ccccc4)(c4ccccc4)c4ccc(-n5c6ccccc6c6ccccc65)cc4)c3)c21. The Morgan fingerprint density at radius 2 is 0.850 bits per heavy atom. The first-order valence-corrected chi connectivity index (χ1v) is 23.0. The van der Waals surface area contributed by atoms with E-state index in [0.29, 0.717) is 0 Å². The van der Waals surface area contributed by atoms with E-state index in [-0.39, 0.29) is 5.41 Å². The minimum atomic E-state index is -2.92. The lowest BCUT2D eigenvalue weighted by atomic mass is 9.82. The topological polar surface area (TPSA) is 9.86 Å². The zero-order chi connectivity index (χ0) is 40.0. The molecule has 3 heteroatoms. The number of rotatable bonds is 6. The number of hydrogen-bond donors (Lipinski definition) is 0. The van der Waals surface area contributed by atoms with Gasteiger partial charge >= 0.3 is 0 Å². The number of hydrogen-bond acceptors (Lipinski definition) is 0. The first kappa shape index (κ1) is 34.8. The molecule has 0 fully saturated rings. The van der Waals surface area contributed by atoms with Gasteiger partial charge in [-0.25, -0.2) is 0 Å². The Bertz CT molecular complexity index is 3350. The fraction of sp³-hybridized carbons (Fsp3) is 0.0526. The Hall–Kier alpha value is -7.20. The molecule has 60 heavy (non-hydrogen) atoms. The molecule has 0 radical (unpaired) electrons. The van der Waals surface area contributed by atoms with Gasteiger partial charge < -0.3 is 9.13 Å². The molecule has 2 aromatic heterocycles. The fourth-order valence-electron chi connectivity index (χ4n) is 10.8. The van der Waals surface area contributed by atoms with Crippen LogP contribution in [0.15, 0.2) is 218 Å². The molecule has 0 saturated heterocycles. The molecule has 11 aromatic rings. The Labute approximate surface area is 351 Å². The Kier molecular flexibility index (Phi) is 7.63. The van der Waals surface area contributed by atoms with Crippen molar-refractivity contribution in [1.82, 2.24) is 9.13 Å². The predicted molar refractivity (Wildman–Crippen MR) is 256 cm³/mol. The van der Waals surface area contributed by atoms with E-state index in [9.17, 15) is 0 Å². The third-order valence-electron chi connectivity index (χ3n) is 13.5. The van der Waals surface area contributed by atoms with Crippen molar-refractivity contribution in [3.05, 3.63) is 230 Å². The first-order chi connectivity index (χ1) is 29.5. The van der Waals surface area contributed by atoms with Crippen molar-refractivity contribution in [2.45, 2.75) is 19.3 Å². The van der Waals surface area contributed by atoms with E-state index in [0.717, 1.165) is 5.69 Å². The van der Waals surface area contributed by atoms with Gasteiger partial charge in [0.05, 0.1) is 22.1 Å². The van der Waals surface area contributed by atoms with E-state index in [1.165, 1.54) is 92.3 Å². The third kappa shape index (κ3) is 4.81. The molecule has 284 valence electrons. The highest BCUT2D eigenvalue weighted by atomic mass is 28.3. The summed E-state index contributed by atoms with van der Waals surface area (Å²) in [5.41, 5.74) is 12.7. The van der Waals surface area contributed by atoms with E-state index in [1.54, 1.807) is 0 Å². The Morgan fingerprint density at radius 1 is 0.350 bits per heavy atom. The van der Waals surface area contributed by atoms with Crippen LogP contribution in [0.2, 0.25) is 0 Å². The predicted octanol–water partition coefficient (Wildman–Crippen LogP) is 11.6. The van der Waals surface area contributed by atoms with Gasteiger partial charge in [-0.2, -0.15) is 0 Å². The van der Waals surface area contributed by atoms with E-state index in [2.05, 4.69) is 241 Å². The van der Waals surface area contributed by atoms with Crippen molar-refractivity contribution in [3.63, 3.8) is 0 Å². The standard InChI is InChI=1S/C57H42N2Si/c1-57(2)50-28-13-9-27-49(50)55-51(57)37-36-48-47-26-12-16-31-54(47)59(56(48)55)40-18-17-23-44(38-40)60(41-19-5-3-6-20-41,42-21-7-4-8-22-42)43-34-32-39(33-35-43)58-52-29-14-10-24-45(52)46-25-11-15-30-53(46)58/h3-38H,1-2H3. The molecular formula is C57H42N2Si. The number of benzene rings is 9. The van der Waals surface area contributed by atoms with Crippen LogP contribution in [-0.2, 0) is 5.41 Å². The number of nitrogens with zero attached hydrogens (tertiary/aromatic N) is 2. The van der Waals surface area contributed by atoms with Crippen molar-refractivity contribution in [3.8, 4) is 22.5 Å². The summed E-state index contributed by atoms with van der Waals surface area (Å²) >= 11 is 0. The molecule has 0 spiro atoms. The molecule has 0 aliphatic heterocycles. The lowest BCUT2D eigenvalue weighted by molar-refractivity contribution is 0.661. The van der Waals surface area contributed by atoms with Crippen LogP contribution in [0.1, 0.15) is 25.0 Å². The van der Waals surface area contributed by atoms with Crippen LogP contribution in [-0.4, -0.2) is 17.2 Å². The van der Waals surface area contributed by atoms with Crippen molar-refractivity contribution >= 4 is 72.4 Å². The molecule has 0 unspecified atom stereocenters. The molecule has 1 aliphatic rings. The smallest absolute Gasteiger partial charge is 0.179 e. The summed E-state index contributed by atoms with van der Waals surface area (Å²) in [6, 6.07) is 81.9. The quantitative estimate of drug-likeness (QED) is 0.117. The van der Waals surface area contributed by atoms with Crippen LogP contribution >= 0.6 is 0 Å². The van der Waals surface area contributed by atoms with Crippen LogP contribution in [0.3, 0.4) is 0 Å². The molecule has 2 heterocycles. The number of fused-ring (bicyclic) bond motifs is 10. The highest BCUT2D eigenvalue weighted by molar-refractivity contribution is 7.19. The molecular weight excluding hydrogens is 741 g/mol. The van der Waals surface area contributed by atoms with Gasteiger partial charge in [0.1, 0.15) is 0 Å². The second-order valence-corrected chi connectivity index (χ2v) is 20.7. The molecule has 2 nitrogen and oxygen atoms in total. The summed E-state index contributed by atoms with van der Waals surface area (Å²) in [4.78, 5) is 0. The number of aromatic nitrogens is 2. The number of para-hydroxylation sites is 3. The lowest BCUT2D eigenvalue weighted by Gasteiger charge is -2.35. The summed E-state index contributed by atoms with van der Waals surface area (Å²) in [7, 11) is -2.92. The Morgan fingerprint density at radius 3 is 1.48 bits per heavy atom. The van der Waals surface area contributed by atoms with Crippen molar-refractivity contribution in [2.24, 2.45) is 0 Å². The molecule has 1 aliphatic carbocycles. The van der Waals surface area contributed by atoms with Gasteiger partial charge in [-0.05, 0) is 79.9 Å².